The van der Waals surface area contributed by atoms with Gasteiger partial charge in [-0.1, -0.05) is 6.07 Å². The lowest BCUT2D eigenvalue weighted by molar-refractivity contribution is 0.529. The molecule has 2 heterocycles. The van der Waals surface area contributed by atoms with Crippen LogP contribution in [0.4, 0.5) is 0 Å². The molecule has 0 aromatic carbocycles. The van der Waals surface area contributed by atoms with E-state index < -0.39 is 0 Å². The first kappa shape index (κ1) is 14.2. The minimum Gasteiger partial charge on any atom is -0.304 e. The number of aryl methyl sites for hydroxylation is 2. The van der Waals surface area contributed by atoms with Crippen molar-refractivity contribution in [2.45, 2.75) is 39.9 Å². The van der Waals surface area contributed by atoms with Gasteiger partial charge in [0.25, 0.3) is 0 Å². The molecule has 0 saturated carbocycles. The van der Waals surface area contributed by atoms with Crippen LogP contribution in [0.2, 0.25) is 0 Å². The molecule has 0 aliphatic heterocycles. The lowest BCUT2D eigenvalue weighted by Crippen LogP contribution is -2.20. The van der Waals surface area contributed by atoms with E-state index in [0.717, 1.165) is 23.3 Å². The third-order valence-corrected chi connectivity index (χ3v) is 4.24. The van der Waals surface area contributed by atoms with E-state index in [1.807, 2.05) is 23.9 Å². The van der Waals surface area contributed by atoms with E-state index >= 15 is 0 Å². The molecule has 1 N–H and O–H groups in total. The average molecular weight is 323 g/mol. The molecular formula is C14H19BrN4. The van der Waals surface area contributed by atoms with Crippen LogP contribution in [0, 0.1) is 6.92 Å². The first-order chi connectivity index (χ1) is 9.13. The van der Waals surface area contributed by atoms with E-state index in [1.165, 1.54) is 11.3 Å². The minimum atomic E-state index is 0.265. The number of halogens is 1. The van der Waals surface area contributed by atoms with E-state index in [0.29, 0.717) is 0 Å². The molecular weight excluding hydrogens is 304 g/mol. The van der Waals surface area contributed by atoms with E-state index in [2.05, 4.69) is 51.2 Å². The number of nitrogens with zero attached hydrogens (tertiary/aromatic N) is 3. The van der Waals surface area contributed by atoms with E-state index in [1.54, 1.807) is 6.20 Å². The van der Waals surface area contributed by atoms with Gasteiger partial charge in [-0.05, 0) is 48.3 Å². The van der Waals surface area contributed by atoms with Crippen molar-refractivity contribution in [3.8, 4) is 0 Å². The molecule has 1 atom stereocenters. The number of nitrogens with one attached hydrogen (secondary N) is 1. The fourth-order valence-electron chi connectivity index (χ4n) is 2.04. The van der Waals surface area contributed by atoms with Crippen molar-refractivity contribution in [2.75, 3.05) is 0 Å². The molecule has 0 bridgehead atoms. The summed E-state index contributed by atoms with van der Waals surface area (Å²) >= 11 is 3.61. The van der Waals surface area contributed by atoms with Crippen molar-refractivity contribution < 1.29 is 0 Å². The van der Waals surface area contributed by atoms with E-state index in [9.17, 15) is 0 Å². The van der Waals surface area contributed by atoms with Gasteiger partial charge in [0.2, 0.25) is 0 Å². The van der Waals surface area contributed by atoms with Gasteiger partial charge in [-0.3, -0.25) is 9.67 Å². The van der Waals surface area contributed by atoms with Gasteiger partial charge in [-0.25, -0.2) is 0 Å². The summed E-state index contributed by atoms with van der Waals surface area (Å²) in [4.78, 5) is 4.15. The maximum Gasteiger partial charge on any atom is 0.0739 e. The third kappa shape index (κ3) is 3.22. The molecule has 0 spiro atoms. The van der Waals surface area contributed by atoms with Crippen LogP contribution >= 0.6 is 15.9 Å². The summed E-state index contributed by atoms with van der Waals surface area (Å²) < 4.78 is 3.13. The van der Waals surface area contributed by atoms with Crippen molar-refractivity contribution >= 4 is 15.9 Å². The third-order valence-electron chi connectivity index (χ3n) is 3.21. The van der Waals surface area contributed by atoms with Crippen LogP contribution in [0.3, 0.4) is 0 Å². The second kappa shape index (κ2) is 6.30. The maximum absolute atomic E-state index is 4.50. The summed E-state index contributed by atoms with van der Waals surface area (Å²) in [5.74, 6) is 0. The Morgan fingerprint density at radius 1 is 1.47 bits per heavy atom. The molecule has 0 amide bonds. The highest BCUT2D eigenvalue weighted by atomic mass is 79.9. The molecule has 2 rings (SSSR count). The summed E-state index contributed by atoms with van der Waals surface area (Å²) in [5.41, 5.74) is 3.42. The molecule has 0 aliphatic carbocycles. The summed E-state index contributed by atoms with van der Waals surface area (Å²) in [7, 11) is 0. The highest BCUT2D eigenvalue weighted by Gasteiger charge is 2.13. The normalized spacial score (nSPS) is 12.6. The van der Waals surface area contributed by atoms with Gasteiger partial charge in [0.05, 0.1) is 15.9 Å². The topological polar surface area (TPSA) is 42.7 Å². The van der Waals surface area contributed by atoms with Crippen LogP contribution in [-0.2, 0) is 13.1 Å². The van der Waals surface area contributed by atoms with Gasteiger partial charge in [-0.15, -0.1) is 0 Å². The standard InChI is InChI=1S/C14H19BrN4/c1-4-19-13(14(15)11(3)18-19)9-17-10(2)12-6-5-7-16-8-12/h5-8,10,17H,4,9H2,1-3H3/t10-/m1/s1. The van der Waals surface area contributed by atoms with Crippen LogP contribution in [0.5, 0.6) is 0 Å². The molecule has 2 aromatic heterocycles. The van der Waals surface area contributed by atoms with Crippen LogP contribution < -0.4 is 5.32 Å². The van der Waals surface area contributed by atoms with Crippen LogP contribution in [-0.4, -0.2) is 14.8 Å². The van der Waals surface area contributed by atoms with Gasteiger partial charge in [0, 0.05) is 31.5 Å². The summed E-state index contributed by atoms with van der Waals surface area (Å²) in [6.07, 6.45) is 3.69. The van der Waals surface area contributed by atoms with Crippen LogP contribution in [0.1, 0.15) is 36.8 Å². The Kier molecular flexibility index (Phi) is 4.71. The van der Waals surface area contributed by atoms with Crippen LogP contribution in [0.25, 0.3) is 0 Å². The molecule has 0 aliphatic rings. The minimum absolute atomic E-state index is 0.265. The highest BCUT2D eigenvalue weighted by molar-refractivity contribution is 9.10. The Balaban J connectivity index is 2.07. The lowest BCUT2D eigenvalue weighted by atomic mass is 10.1. The molecule has 4 nitrogen and oxygen atoms in total. The number of rotatable bonds is 5. The summed E-state index contributed by atoms with van der Waals surface area (Å²) in [6, 6.07) is 4.31. The molecule has 102 valence electrons. The zero-order valence-corrected chi connectivity index (χ0v) is 13.1. The summed E-state index contributed by atoms with van der Waals surface area (Å²) in [6.45, 7) is 7.93. The second-order valence-corrected chi connectivity index (χ2v) is 5.34. The van der Waals surface area contributed by atoms with Gasteiger partial charge in [0.15, 0.2) is 0 Å². The zero-order valence-electron chi connectivity index (χ0n) is 11.5. The van der Waals surface area contributed by atoms with Crippen molar-refractivity contribution in [3.05, 3.63) is 46.0 Å². The predicted molar refractivity (Wildman–Crippen MR) is 79.8 cm³/mol. The first-order valence-electron chi connectivity index (χ1n) is 6.48. The second-order valence-electron chi connectivity index (χ2n) is 4.55. The highest BCUT2D eigenvalue weighted by Crippen LogP contribution is 2.21. The Labute approximate surface area is 122 Å². The Hall–Kier alpha value is -1.20. The molecule has 0 unspecified atom stereocenters. The first-order valence-corrected chi connectivity index (χ1v) is 7.27. The molecule has 19 heavy (non-hydrogen) atoms. The van der Waals surface area contributed by atoms with Crippen molar-refractivity contribution in [1.82, 2.24) is 20.1 Å². The quantitative estimate of drug-likeness (QED) is 0.919. The van der Waals surface area contributed by atoms with Gasteiger partial charge >= 0.3 is 0 Å². The van der Waals surface area contributed by atoms with Crippen LogP contribution in [0.15, 0.2) is 29.0 Å². The maximum atomic E-state index is 4.50. The predicted octanol–water partition coefficient (Wildman–Crippen LogP) is 3.22. The number of aromatic nitrogens is 3. The van der Waals surface area contributed by atoms with Crippen molar-refractivity contribution in [1.29, 1.82) is 0 Å². The molecule has 0 radical (unpaired) electrons. The Morgan fingerprint density at radius 3 is 2.89 bits per heavy atom. The number of pyridine rings is 1. The Morgan fingerprint density at radius 2 is 2.26 bits per heavy atom. The molecule has 0 fully saturated rings. The lowest BCUT2D eigenvalue weighted by Gasteiger charge is -2.14. The van der Waals surface area contributed by atoms with Gasteiger partial charge in [0.1, 0.15) is 0 Å². The molecule has 2 aromatic rings. The summed E-state index contributed by atoms with van der Waals surface area (Å²) in [5, 5.41) is 8.01. The smallest absolute Gasteiger partial charge is 0.0739 e. The van der Waals surface area contributed by atoms with Gasteiger partial charge in [-0.2, -0.15) is 5.10 Å². The van der Waals surface area contributed by atoms with Crippen molar-refractivity contribution in [2.24, 2.45) is 0 Å². The Bertz CT molecular complexity index is 536. The fourth-order valence-corrected chi connectivity index (χ4v) is 2.46. The molecule has 0 saturated heterocycles. The van der Waals surface area contributed by atoms with Crippen molar-refractivity contribution in [3.63, 3.8) is 0 Å². The number of hydrogen-bond donors (Lipinski definition) is 1. The van der Waals surface area contributed by atoms with Gasteiger partial charge < -0.3 is 5.32 Å². The average Bonchev–Trinajstić information content (AvgIpc) is 2.72. The fraction of sp³-hybridized carbons (Fsp3) is 0.429. The largest absolute Gasteiger partial charge is 0.304 e. The molecule has 5 heteroatoms. The monoisotopic (exact) mass is 322 g/mol. The van der Waals surface area contributed by atoms with E-state index in [-0.39, 0.29) is 6.04 Å². The van der Waals surface area contributed by atoms with E-state index in [4.69, 9.17) is 0 Å². The zero-order chi connectivity index (χ0) is 13.8. The SMILES string of the molecule is CCn1nc(C)c(Br)c1CN[C@H](C)c1cccnc1. The number of hydrogen-bond acceptors (Lipinski definition) is 3.